The molecule has 3 atom stereocenters. The van der Waals surface area contributed by atoms with Crippen molar-refractivity contribution >= 4 is 8.58 Å². The van der Waals surface area contributed by atoms with E-state index in [1.54, 1.807) is 0 Å². The van der Waals surface area contributed by atoms with Gasteiger partial charge in [-0.25, -0.2) is 0 Å². The van der Waals surface area contributed by atoms with Gasteiger partial charge in [0.25, 0.3) is 0 Å². The van der Waals surface area contributed by atoms with Crippen LogP contribution in [0.3, 0.4) is 0 Å². The number of hydrogen-bond acceptors (Lipinski definition) is 2. The summed E-state index contributed by atoms with van der Waals surface area (Å²) in [4.78, 5) is 0. The SMILES string of the molecule is CCOC(Oc1ccc(C(C)PC)cc1)c1ccccc1. The molecule has 0 fully saturated rings. The molecule has 0 heterocycles. The zero-order valence-electron chi connectivity index (χ0n) is 12.9. The first-order valence-electron chi connectivity index (χ1n) is 7.35. The van der Waals surface area contributed by atoms with Gasteiger partial charge in [-0.1, -0.05) is 49.4 Å². The molecule has 3 heteroatoms. The van der Waals surface area contributed by atoms with Gasteiger partial charge in [-0.05, 0) is 36.9 Å². The molecule has 21 heavy (non-hydrogen) atoms. The molecule has 2 rings (SSSR count). The fourth-order valence-corrected chi connectivity index (χ4v) is 2.61. The normalized spacial score (nSPS) is 14.2. The van der Waals surface area contributed by atoms with Crippen LogP contribution in [0.2, 0.25) is 0 Å². The Labute approximate surface area is 129 Å². The predicted octanol–water partition coefficient (Wildman–Crippen LogP) is 5.17. The summed E-state index contributed by atoms with van der Waals surface area (Å²) in [7, 11) is 0.914. The first-order chi connectivity index (χ1) is 10.2. The van der Waals surface area contributed by atoms with Crippen LogP contribution in [-0.2, 0) is 4.74 Å². The third kappa shape index (κ3) is 4.56. The first-order valence-corrected chi connectivity index (χ1v) is 8.92. The van der Waals surface area contributed by atoms with Crippen LogP contribution in [0.15, 0.2) is 54.6 Å². The maximum atomic E-state index is 5.99. The van der Waals surface area contributed by atoms with Crippen LogP contribution >= 0.6 is 8.58 Å². The quantitative estimate of drug-likeness (QED) is 0.519. The van der Waals surface area contributed by atoms with Crippen molar-refractivity contribution in [3.63, 3.8) is 0 Å². The topological polar surface area (TPSA) is 18.5 Å². The molecule has 2 aromatic carbocycles. The molecule has 0 saturated carbocycles. The van der Waals surface area contributed by atoms with Crippen molar-refractivity contribution in [1.82, 2.24) is 0 Å². The number of benzene rings is 2. The Kier molecular flexibility index (Phi) is 6.22. The van der Waals surface area contributed by atoms with Crippen LogP contribution in [-0.4, -0.2) is 13.3 Å². The summed E-state index contributed by atoms with van der Waals surface area (Å²) >= 11 is 0. The lowest BCUT2D eigenvalue weighted by Crippen LogP contribution is -2.11. The Bertz CT molecular complexity index is 525. The third-order valence-corrected chi connectivity index (χ3v) is 4.65. The van der Waals surface area contributed by atoms with Crippen molar-refractivity contribution in [3.8, 4) is 5.75 Å². The fourth-order valence-electron chi connectivity index (χ4n) is 2.09. The van der Waals surface area contributed by atoms with Gasteiger partial charge in [0.15, 0.2) is 0 Å². The lowest BCUT2D eigenvalue weighted by molar-refractivity contribution is -0.0786. The van der Waals surface area contributed by atoms with Crippen LogP contribution in [0.5, 0.6) is 5.75 Å². The molecule has 0 aromatic heterocycles. The van der Waals surface area contributed by atoms with Gasteiger partial charge in [0.2, 0.25) is 6.29 Å². The van der Waals surface area contributed by atoms with Crippen molar-refractivity contribution in [2.75, 3.05) is 13.3 Å². The highest BCUT2D eigenvalue weighted by molar-refractivity contribution is 7.37. The van der Waals surface area contributed by atoms with E-state index in [4.69, 9.17) is 9.47 Å². The fraction of sp³-hybridized carbons (Fsp3) is 0.333. The zero-order valence-corrected chi connectivity index (χ0v) is 13.9. The van der Waals surface area contributed by atoms with Crippen molar-refractivity contribution in [3.05, 3.63) is 65.7 Å². The zero-order chi connectivity index (χ0) is 15.1. The minimum Gasteiger partial charge on any atom is -0.461 e. The molecule has 0 bridgehead atoms. The highest BCUT2D eigenvalue weighted by atomic mass is 31.1. The summed E-state index contributed by atoms with van der Waals surface area (Å²) in [5.41, 5.74) is 3.00. The minimum atomic E-state index is -0.354. The monoisotopic (exact) mass is 302 g/mol. The molecular weight excluding hydrogens is 279 g/mol. The average molecular weight is 302 g/mol. The predicted molar refractivity (Wildman–Crippen MR) is 90.5 cm³/mol. The van der Waals surface area contributed by atoms with Gasteiger partial charge in [-0.3, -0.25) is 0 Å². The van der Waals surface area contributed by atoms with E-state index in [9.17, 15) is 0 Å². The van der Waals surface area contributed by atoms with Gasteiger partial charge in [-0.2, -0.15) is 0 Å². The lowest BCUT2D eigenvalue weighted by atomic mass is 10.1. The van der Waals surface area contributed by atoms with Gasteiger partial charge < -0.3 is 9.47 Å². The maximum absolute atomic E-state index is 5.99. The van der Waals surface area contributed by atoms with E-state index in [0.29, 0.717) is 12.3 Å². The van der Waals surface area contributed by atoms with E-state index in [1.165, 1.54) is 5.56 Å². The molecule has 2 nitrogen and oxygen atoms in total. The Morgan fingerprint density at radius 1 is 0.952 bits per heavy atom. The molecule has 0 aliphatic rings. The van der Waals surface area contributed by atoms with Gasteiger partial charge in [0.05, 0.1) is 0 Å². The van der Waals surface area contributed by atoms with Crippen LogP contribution < -0.4 is 4.74 Å². The summed E-state index contributed by atoms with van der Waals surface area (Å²) in [5, 5.41) is 0. The van der Waals surface area contributed by atoms with Gasteiger partial charge >= 0.3 is 0 Å². The minimum absolute atomic E-state index is 0.354. The Balaban J connectivity index is 2.10. The molecule has 0 saturated heterocycles. The number of ether oxygens (including phenoxy) is 2. The van der Waals surface area contributed by atoms with E-state index >= 15 is 0 Å². The third-order valence-electron chi connectivity index (χ3n) is 3.45. The van der Waals surface area contributed by atoms with Crippen LogP contribution in [0, 0.1) is 0 Å². The van der Waals surface area contributed by atoms with Crippen molar-refractivity contribution in [1.29, 1.82) is 0 Å². The van der Waals surface area contributed by atoms with Crippen LogP contribution in [0.4, 0.5) is 0 Å². The molecule has 112 valence electrons. The van der Waals surface area contributed by atoms with Crippen molar-refractivity contribution in [2.24, 2.45) is 0 Å². The molecule has 0 N–H and O–H groups in total. The largest absolute Gasteiger partial charge is 0.461 e. The first kappa shape index (κ1) is 16.0. The molecule has 2 aromatic rings. The molecule has 0 amide bonds. The average Bonchev–Trinajstić information content (AvgIpc) is 2.55. The summed E-state index contributed by atoms with van der Waals surface area (Å²) in [6.45, 7) is 7.08. The molecular formula is C18H23O2P. The highest BCUT2D eigenvalue weighted by Crippen LogP contribution is 2.32. The Morgan fingerprint density at radius 2 is 1.62 bits per heavy atom. The second-order valence-electron chi connectivity index (χ2n) is 4.90. The molecule has 0 aliphatic heterocycles. The summed E-state index contributed by atoms with van der Waals surface area (Å²) in [6, 6.07) is 18.4. The lowest BCUT2D eigenvalue weighted by Gasteiger charge is -2.19. The molecule has 0 radical (unpaired) electrons. The van der Waals surface area contributed by atoms with Crippen molar-refractivity contribution in [2.45, 2.75) is 25.8 Å². The van der Waals surface area contributed by atoms with Gasteiger partial charge in [0, 0.05) is 12.2 Å². The van der Waals surface area contributed by atoms with E-state index in [0.717, 1.165) is 19.9 Å². The van der Waals surface area contributed by atoms with E-state index < -0.39 is 0 Å². The summed E-state index contributed by atoms with van der Waals surface area (Å²) < 4.78 is 11.7. The second-order valence-corrected chi connectivity index (χ2v) is 6.34. The van der Waals surface area contributed by atoms with Crippen LogP contribution in [0.1, 0.15) is 36.9 Å². The standard InChI is InChI=1S/C18H23O2P/c1-4-19-18(16-8-6-5-7-9-16)20-17-12-10-15(11-13-17)14(2)21-3/h5-14,18,21H,4H2,1-3H3. The molecule has 3 unspecified atom stereocenters. The van der Waals surface area contributed by atoms with E-state index in [1.807, 2.05) is 49.4 Å². The summed E-state index contributed by atoms with van der Waals surface area (Å²) in [6.07, 6.45) is -0.354. The van der Waals surface area contributed by atoms with Crippen molar-refractivity contribution < 1.29 is 9.47 Å². The smallest absolute Gasteiger partial charge is 0.226 e. The Morgan fingerprint density at radius 3 is 2.19 bits per heavy atom. The maximum Gasteiger partial charge on any atom is 0.226 e. The van der Waals surface area contributed by atoms with Gasteiger partial charge in [0.1, 0.15) is 5.75 Å². The molecule has 0 spiro atoms. The number of rotatable bonds is 7. The molecule has 0 aliphatic carbocycles. The summed E-state index contributed by atoms with van der Waals surface area (Å²) in [5.74, 6) is 0.840. The highest BCUT2D eigenvalue weighted by Gasteiger charge is 2.13. The van der Waals surface area contributed by atoms with Crippen LogP contribution in [0.25, 0.3) is 0 Å². The van der Waals surface area contributed by atoms with E-state index in [2.05, 4.69) is 25.7 Å². The van der Waals surface area contributed by atoms with Gasteiger partial charge in [-0.15, -0.1) is 8.58 Å². The number of hydrogen-bond donors (Lipinski definition) is 0. The Hall–Kier alpha value is -1.37. The second kappa shape index (κ2) is 8.17. The van der Waals surface area contributed by atoms with E-state index in [-0.39, 0.29) is 6.29 Å².